The lowest BCUT2D eigenvalue weighted by Crippen LogP contribution is -1.97. The monoisotopic (exact) mass is 250 g/mol. The Morgan fingerprint density at radius 2 is 2.24 bits per heavy atom. The van der Waals surface area contributed by atoms with Gasteiger partial charge in [0, 0.05) is 11.9 Å². The Morgan fingerprint density at radius 1 is 1.47 bits per heavy atom. The number of aromatic nitrogens is 4. The van der Waals surface area contributed by atoms with Crippen molar-refractivity contribution in [1.29, 1.82) is 0 Å². The first-order chi connectivity index (χ1) is 8.08. The maximum absolute atomic E-state index is 10.8. The van der Waals surface area contributed by atoms with E-state index in [0.717, 1.165) is 10.5 Å². The number of aryl methyl sites for hydroxylation is 2. The predicted octanol–water partition coefficient (Wildman–Crippen LogP) is 1.37. The average Bonchev–Trinajstić information content (AvgIpc) is 2.67. The number of hydrogen-bond donors (Lipinski definition) is 1. The van der Waals surface area contributed by atoms with Crippen molar-refractivity contribution in [1.82, 2.24) is 20.2 Å². The minimum Gasteiger partial charge on any atom is -0.478 e. The maximum atomic E-state index is 10.8. The van der Waals surface area contributed by atoms with Gasteiger partial charge in [-0.05, 0) is 52.9 Å². The fraction of sp³-hybridized carbons (Fsp3) is 0.200. The Bertz CT molecular complexity index is 567. The lowest BCUT2D eigenvalue weighted by molar-refractivity contribution is 0.0696. The highest BCUT2D eigenvalue weighted by Crippen LogP contribution is 2.28. The van der Waals surface area contributed by atoms with E-state index in [1.807, 2.05) is 6.92 Å². The minimum absolute atomic E-state index is 0.281. The number of aromatic carboxylic acids is 1. The molecule has 0 aliphatic heterocycles. The fourth-order valence-electron chi connectivity index (χ4n) is 1.30. The molecule has 0 aliphatic rings. The third kappa shape index (κ3) is 2.44. The molecule has 1 heterocycles. The van der Waals surface area contributed by atoms with Gasteiger partial charge in [-0.25, -0.2) is 9.48 Å². The molecule has 0 saturated carbocycles. The molecule has 7 heteroatoms. The fourth-order valence-corrected chi connectivity index (χ4v) is 2.10. The molecule has 0 radical (unpaired) electrons. The van der Waals surface area contributed by atoms with E-state index >= 15 is 0 Å². The zero-order valence-electron chi connectivity index (χ0n) is 9.28. The molecule has 1 aromatic heterocycles. The standard InChI is InChI=1S/C10H10N4O2S/c1-6-5-7(9(15)16)3-4-8(6)17-10-11-12-13-14(10)2/h3-5H,1-2H3,(H,15,16). The smallest absolute Gasteiger partial charge is 0.335 e. The van der Waals surface area contributed by atoms with Crippen molar-refractivity contribution in [2.24, 2.45) is 7.05 Å². The molecule has 17 heavy (non-hydrogen) atoms. The van der Waals surface area contributed by atoms with E-state index < -0.39 is 5.97 Å². The van der Waals surface area contributed by atoms with Crippen LogP contribution in [0.2, 0.25) is 0 Å². The van der Waals surface area contributed by atoms with Crippen molar-refractivity contribution in [2.45, 2.75) is 17.0 Å². The summed E-state index contributed by atoms with van der Waals surface area (Å²) in [5.74, 6) is -0.926. The predicted molar refractivity (Wildman–Crippen MR) is 61.1 cm³/mol. The van der Waals surface area contributed by atoms with E-state index in [2.05, 4.69) is 15.5 Å². The molecule has 0 bridgehead atoms. The topological polar surface area (TPSA) is 80.9 Å². The van der Waals surface area contributed by atoms with Gasteiger partial charge in [0.25, 0.3) is 0 Å². The quantitative estimate of drug-likeness (QED) is 0.886. The minimum atomic E-state index is -0.926. The number of hydrogen-bond acceptors (Lipinski definition) is 5. The second-order valence-corrected chi connectivity index (χ2v) is 4.48. The Hall–Kier alpha value is -1.89. The summed E-state index contributed by atoms with van der Waals surface area (Å²) in [4.78, 5) is 11.7. The lowest BCUT2D eigenvalue weighted by Gasteiger charge is -2.04. The van der Waals surface area contributed by atoms with Crippen LogP contribution in [0.25, 0.3) is 0 Å². The number of nitrogens with zero attached hydrogens (tertiary/aromatic N) is 4. The molecule has 0 aliphatic carbocycles. The number of carboxylic acids is 1. The van der Waals surface area contributed by atoms with Crippen molar-refractivity contribution in [3.8, 4) is 0 Å². The summed E-state index contributed by atoms with van der Waals surface area (Å²) in [6, 6.07) is 4.97. The highest BCUT2D eigenvalue weighted by atomic mass is 32.2. The van der Waals surface area contributed by atoms with Crippen LogP contribution in [-0.2, 0) is 7.05 Å². The van der Waals surface area contributed by atoms with Crippen molar-refractivity contribution < 1.29 is 9.90 Å². The maximum Gasteiger partial charge on any atom is 0.335 e. The molecule has 2 aromatic rings. The van der Waals surface area contributed by atoms with Gasteiger partial charge in [-0.3, -0.25) is 0 Å². The molecule has 1 N–H and O–H groups in total. The summed E-state index contributed by atoms with van der Waals surface area (Å²) >= 11 is 1.40. The van der Waals surface area contributed by atoms with Gasteiger partial charge < -0.3 is 5.11 Å². The van der Waals surface area contributed by atoms with Gasteiger partial charge >= 0.3 is 5.97 Å². The zero-order valence-corrected chi connectivity index (χ0v) is 10.1. The van der Waals surface area contributed by atoms with E-state index in [0.29, 0.717) is 5.16 Å². The average molecular weight is 250 g/mol. The molecular weight excluding hydrogens is 240 g/mol. The lowest BCUT2D eigenvalue weighted by atomic mass is 10.1. The number of tetrazole rings is 1. The van der Waals surface area contributed by atoms with Crippen molar-refractivity contribution in [2.75, 3.05) is 0 Å². The van der Waals surface area contributed by atoms with Crippen LogP contribution in [0.3, 0.4) is 0 Å². The van der Waals surface area contributed by atoms with Crippen LogP contribution < -0.4 is 0 Å². The van der Waals surface area contributed by atoms with E-state index in [9.17, 15) is 4.79 Å². The summed E-state index contributed by atoms with van der Waals surface area (Å²) in [7, 11) is 1.75. The normalized spacial score (nSPS) is 10.5. The Kier molecular flexibility index (Phi) is 3.10. The van der Waals surface area contributed by atoms with Gasteiger partial charge in [0.15, 0.2) is 0 Å². The van der Waals surface area contributed by atoms with E-state index in [1.54, 1.807) is 29.9 Å². The number of rotatable bonds is 3. The highest BCUT2D eigenvalue weighted by molar-refractivity contribution is 7.99. The van der Waals surface area contributed by atoms with Crippen LogP contribution in [0.1, 0.15) is 15.9 Å². The van der Waals surface area contributed by atoms with Crippen LogP contribution in [-0.4, -0.2) is 31.3 Å². The second-order valence-electron chi connectivity index (χ2n) is 3.47. The highest BCUT2D eigenvalue weighted by Gasteiger charge is 2.09. The summed E-state index contributed by atoms with van der Waals surface area (Å²) in [6.07, 6.45) is 0. The van der Waals surface area contributed by atoms with Gasteiger partial charge in [-0.2, -0.15) is 0 Å². The van der Waals surface area contributed by atoms with Gasteiger partial charge in [-0.15, -0.1) is 5.10 Å². The summed E-state index contributed by atoms with van der Waals surface area (Å²) in [5, 5.41) is 20.6. The third-order valence-electron chi connectivity index (χ3n) is 2.20. The molecule has 0 spiro atoms. The molecule has 0 atom stereocenters. The van der Waals surface area contributed by atoms with E-state index in [4.69, 9.17) is 5.11 Å². The molecular formula is C10H10N4O2S. The summed E-state index contributed by atoms with van der Waals surface area (Å²) in [6.45, 7) is 1.86. The second kappa shape index (κ2) is 4.54. The van der Waals surface area contributed by atoms with Crippen molar-refractivity contribution in [3.05, 3.63) is 29.3 Å². The van der Waals surface area contributed by atoms with Gasteiger partial charge in [0.2, 0.25) is 5.16 Å². The molecule has 2 rings (SSSR count). The Morgan fingerprint density at radius 3 is 2.76 bits per heavy atom. The molecule has 0 amide bonds. The van der Waals surface area contributed by atoms with Gasteiger partial charge in [0.1, 0.15) is 0 Å². The largest absolute Gasteiger partial charge is 0.478 e. The molecule has 0 unspecified atom stereocenters. The third-order valence-corrected chi connectivity index (χ3v) is 3.41. The van der Waals surface area contributed by atoms with Crippen LogP contribution in [0.15, 0.2) is 28.3 Å². The molecule has 88 valence electrons. The Balaban J connectivity index is 2.29. The number of carbonyl (C=O) groups is 1. The van der Waals surface area contributed by atoms with Crippen LogP contribution in [0.4, 0.5) is 0 Å². The molecule has 1 aromatic carbocycles. The summed E-state index contributed by atoms with van der Waals surface area (Å²) in [5.41, 5.74) is 1.17. The first-order valence-corrected chi connectivity index (χ1v) is 5.63. The van der Waals surface area contributed by atoms with Gasteiger partial charge in [0.05, 0.1) is 5.56 Å². The Labute approximate surface area is 102 Å². The SMILES string of the molecule is Cc1cc(C(=O)O)ccc1Sc1nnnn1C. The van der Waals surface area contributed by atoms with E-state index in [1.165, 1.54) is 11.8 Å². The van der Waals surface area contributed by atoms with Crippen LogP contribution >= 0.6 is 11.8 Å². The van der Waals surface area contributed by atoms with Crippen LogP contribution in [0.5, 0.6) is 0 Å². The summed E-state index contributed by atoms with van der Waals surface area (Å²) < 4.78 is 1.56. The van der Waals surface area contributed by atoms with Crippen molar-refractivity contribution in [3.63, 3.8) is 0 Å². The van der Waals surface area contributed by atoms with E-state index in [-0.39, 0.29) is 5.56 Å². The molecule has 0 saturated heterocycles. The molecule has 0 fully saturated rings. The van der Waals surface area contributed by atoms with Crippen LogP contribution in [0, 0.1) is 6.92 Å². The van der Waals surface area contributed by atoms with Crippen molar-refractivity contribution >= 4 is 17.7 Å². The number of benzene rings is 1. The first kappa shape index (κ1) is 11.6. The number of carboxylic acid groups (broad SMARTS) is 1. The molecule has 6 nitrogen and oxygen atoms in total. The zero-order chi connectivity index (χ0) is 12.4. The first-order valence-electron chi connectivity index (χ1n) is 4.82. The van der Waals surface area contributed by atoms with Gasteiger partial charge in [-0.1, -0.05) is 0 Å².